The first-order chi connectivity index (χ1) is 20.3. The Hall–Kier alpha value is -1.66. The van der Waals surface area contributed by atoms with Crippen LogP contribution in [0.1, 0.15) is 12.8 Å². The van der Waals surface area contributed by atoms with Crippen LogP contribution in [0.25, 0.3) is 0 Å². The number of hydrogen-bond donors (Lipinski definition) is 2. The molecule has 19 heteroatoms. The molecule has 0 aromatic heterocycles. The van der Waals surface area contributed by atoms with Crippen LogP contribution >= 0.6 is 46.6 Å². The van der Waals surface area contributed by atoms with Crippen LogP contribution in [0.15, 0.2) is 63.2 Å². The number of halogens is 6. The summed E-state index contributed by atoms with van der Waals surface area (Å²) in [6.45, 7) is 0.971. The molecule has 3 atom stereocenters. The third-order valence-corrected chi connectivity index (χ3v) is 11.1. The average molecular weight is 740 g/mol. The summed E-state index contributed by atoms with van der Waals surface area (Å²) in [4.78, 5) is 15.1. The number of carbonyl (C=O) groups excluding carboxylic acids is 1. The number of hydrogen-bond acceptors (Lipinski definition) is 9. The maximum atomic E-state index is 13.6. The van der Waals surface area contributed by atoms with Crippen molar-refractivity contribution in [3.8, 4) is 0 Å². The van der Waals surface area contributed by atoms with Crippen LogP contribution in [0.2, 0.25) is 0 Å². The molecular formula is C25H28Cl3F3N4O6S3. The number of anilines is 1. The van der Waals surface area contributed by atoms with Gasteiger partial charge in [-0.15, -0.1) is 11.8 Å². The van der Waals surface area contributed by atoms with Crippen LogP contribution < -0.4 is 10.5 Å². The quantitative estimate of drug-likeness (QED) is 0.245. The molecule has 0 spiro atoms. The number of rotatable bonds is 11. The lowest BCUT2D eigenvalue weighted by Gasteiger charge is -2.34. The number of thioether (sulfide) groups is 1. The molecule has 0 saturated carbocycles. The van der Waals surface area contributed by atoms with Crippen LogP contribution in [-0.2, 0) is 24.6 Å². The topological polar surface area (TPSA) is 139 Å². The molecule has 0 aliphatic carbocycles. The van der Waals surface area contributed by atoms with Gasteiger partial charge in [0.1, 0.15) is 11.5 Å². The Kier molecular flexibility index (Phi) is 10.9. The summed E-state index contributed by atoms with van der Waals surface area (Å²) in [7, 11) is -10.4. The fourth-order valence-corrected chi connectivity index (χ4v) is 7.79. The van der Waals surface area contributed by atoms with Gasteiger partial charge in [-0.25, -0.2) is 26.8 Å². The van der Waals surface area contributed by atoms with Gasteiger partial charge < -0.3 is 15.0 Å². The first-order valence-corrected chi connectivity index (χ1v) is 18.2. The molecule has 244 valence electrons. The molecule has 4 rings (SSSR count). The van der Waals surface area contributed by atoms with E-state index in [-0.39, 0.29) is 12.1 Å². The number of ether oxygens (including phenoxy) is 1. The lowest BCUT2D eigenvalue weighted by atomic mass is 10.2. The number of benzene rings is 2. The highest BCUT2D eigenvalue weighted by Gasteiger charge is 2.49. The van der Waals surface area contributed by atoms with E-state index in [0.717, 1.165) is 17.0 Å². The number of sulfone groups is 1. The number of nitrogens with zero attached hydrogens (tertiary/aromatic N) is 2. The van der Waals surface area contributed by atoms with E-state index in [1.165, 1.54) is 11.8 Å². The van der Waals surface area contributed by atoms with Crippen LogP contribution in [-0.4, -0.2) is 92.1 Å². The third kappa shape index (κ3) is 8.78. The second kappa shape index (κ2) is 13.6. The Morgan fingerprint density at radius 1 is 1.07 bits per heavy atom. The van der Waals surface area contributed by atoms with E-state index in [1.54, 1.807) is 4.90 Å². The fourth-order valence-electron chi connectivity index (χ4n) is 5.07. The Morgan fingerprint density at radius 2 is 1.75 bits per heavy atom. The van der Waals surface area contributed by atoms with E-state index in [4.69, 9.17) is 44.7 Å². The number of primary sulfonamides is 1. The second-order valence-electron chi connectivity index (χ2n) is 10.3. The molecular weight excluding hydrogens is 712 g/mol. The number of likely N-dealkylation sites (tertiary alicyclic amines) is 2. The summed E-state index contributed by atoms with van der Waals surface area (Å²) < 4.78 is 92.8. The summed E-state index contributed by atoms with van der Waals surface area (Å²) in [5.74, 6) is 0.337. The highest BCUT2D eigenvalue weighted by Crippen LogP contribution is 2.37. The molecule has 2 aliphatic rings. The summed E-state index contributed by atoms with van der Waals surface area (Å²) in [6, 6.07) is 10.9. The zero-order chi connectivity index (χ0) is 32.5. The molecule has 2 aromatic rings. The van der Waals surface area contributed by atoms with E-state index in [0.29, 0.717) is 44.3 Å². The molecule has 2 heterocycles. The number of fused-ring (bicyclic) bond motifs is 2. The summed E-state index contributed by atoms with van der Waals surface area (Å²) in [6.07, 6.45) is 0.468. The molecule has 2 saturated heterocycles. The van der Waals surface area contributed by atoms with Gasteiger partial charge >= 0.3 is 11.6 Å². The van der Waals surface area contributed by atoms with Gasteiger partial charge in [0, 0.05) is 48.4 Å². The van der Waals surface area contributed by atoms with Gasteiger partial charge in [0.25, 0.3) is 9.84 Å². The molecule has 3 N–H and O–H groups in total. The summed E-state index contributed by atoms with van der Waals surface area (Å²) >= 11 is 18.4. The number of piperazine rings is 1. The number of nitrogens with one attached hydrogen (secondary N) is 1. The van der Waals surface area contributed by atoms with Gasteiger partial charge in [0.15, 0.2) is 0 Å². The SMILES string of the molecule is NS(=O)(=O)c1ccc(N[C@H](CCN2C[C@H]3C[C@@H]2CN3C(=O)OCC(Cl)(Cl)Cl)CSc2ccccc2)c(S(=O)(=O)C(F)(F)F)c1. The normalized spacial score (nSPS) is 20.1. The van der Waals surface area contributed by atoms with E-state index < -0.39 is 63.4 Å². The van der Waals surface area contributed by atoms with Crippen molar-refractivity contribution in [3.05, 3.63) is 48.5 Å². The molecule has 1 amide bonds. The molecule has 0 unspecified atom stereocenters. The Morgan fingerprint density at radius 3 is 2.32 bits per heavy atom. The zero-order valence-electron chi connectivity index (χ0n) is 22.7. The number of sulfonamides is 1. The predicted octanol–water partition coefficient (Wildman–Crippen LogP) is 4.86. The molecule has 2 aromatic carbocycles. The molecule has 2 fully saturated rings. The highest BCUT2D eigenvalue weighted by molar-refractivity contribution is 7.99. The van der Waals surface area contributed by atoms with Crippen molar-refractivity contribution in [1.29, 1.82) is 0 Å². The minimum Gasteiger partial charge on any atom is -0.445 e. The Balaban J connectivity index is 1.51. The van der Waals surface area contributed by atoms with Crippen LogP contribution in [0, 0.1) is 0 Å². The van der Waals surface area contributed by atoms with Gasteiger partial charge in [0.05, 0.1) is 10.6 Å². The van der Waals surface area contributed by atoms with Crippen molar-refractivity contribution in [2.24, 2.45) is 5.14 Å². The van der Waals surface area contributed by atoms with Gasteiger partial charge in [-0.05, 0) is 43.2 Å². The van der Waals surface area contributed by atoms with Crippen LogP contribution in [0.5, 0.6) is 0 Å². The first-order valence-electron chi connectivity index (χ1n) is 13.0. The average Bonchev–Trinajstić information content (AvgIpc) is 3.53. The van der Waals surface area contributed by atoms with Crippen molar-refractivity contribution in [2.75, 3.05) is 37.3 Å². The standard InChI is InChI=1S/C25H28Cl3F3N4O6S3/c26-24(27,28)15-41-23(36)35-13-17-10-18(35)12-34(17)9-8-16(14-42-19-4-2-1-3-5-19)33-21-7-6-20(44(32,39)40)11-22(21)43(37,38)25(29,30)31/h1-7,11,16-18,33H,8-10,12-15H2,(H2,32,39,40)/t16-,17-,18-/m1/s1. The third-order valence-electron chi connectivity index (χ3n) is 7.14. The van der Waals surface area contributed by atoms with E-state index in [9.17, 15) is 34.8 Å². The number of alkyl halides is 6. The van der Waals surface area contributed by atoms with Gasteiger partial charge in [0.2, 0.25) is 13.8 Å². The minimum absolute atomic E-state index is 0.00190. The van der Waals surface area contributed by atoms with Crippen molar-refractivity contribution in [3.63, 3.8) is 0 Å². The fraction of sp³-hybridized carbons (Fsp3) is 0.480. The van der Waals surface area contributed by atoms with Gasteiger partial charge in [-0.3, -0.25) is 4.90 Å². The molecule has 44 heavy (non-hydrogen) atoms. The van der Waals surface area contributed by atoms with Crippen molar-refractivity contribution in [1.82, 2.24) is 9.80 Å². The summed E-state index contributed by atoms with van der Waals surface area (Å²) in [5, 5.41) is 7.99. The first kappa shape index (κ1) is 35.2. The monoisotopic (exact) mass is 738 g/mol. The number of carbonyl (C=O) groups is 1. The van der Waals surface area contributed by atoms with E-state index in [2.05, 4.69) is 10.2 Å². The Bertz CT molecular complexity index is 1560. The minimum atomic E-state index is -5.94. The van der Waals surface area contributed by atoms with Crippen molar-refractivity contribution in [2.45, 2.75) is 55.0 Å². The van der Waals surface area contributed by atoms with Crippen molar-refractivity contribution < 1.29 is 39.5 Å². The molecule has 2 aliphatic heterocycles. The van der Waals surface area contributed by atoms with Gasteiger partial charge in [-0.2, -0.15) is 13.2 Å². The largest absolute Gasteiger partial charge is 0.501 e. The second-order valence-corrected chi connectivity index (χ2v) is 17.3. The van der Waals surface area contributed by atoms with E-state index >= 15 is 0 Å². The number of amides is 1. The lowest BCUT2D eigenvalue weighted by molar-refractivity contribution is -0.0435. The maximum absolute atomic E-state index is 13.6. The van der Waals surface area contributed by atoms with Crippen LogP contribution in [0.3, 0.4) is 0 Å². The zero-order valence-corrected chi connectivity index (χ0v) is 27.4. The number of nitrogens with two attached hydrogens (primary N) is 1. The summed E-state index contributed by atoms with van der Waals surface area (Å²) in [5.41, 5.74) is -6.09. The predicted molar refractivity (Wildman–Crippen MR) is 162 cm³/mol. The smallest absolute Gasteiger partial charge is 0.445 e. The highest BCUT2D eigenvalue weighted by atomic mass is 35.6. The van der Waals surface area contributed by atoms with E-state index in [1.807, 2.05) is 30.3 Å². The van der Waals surface area contributed by atoms with Crippen LogP contribution in [0.4, 0.5) is 23.7 Å². The Labute approximate surface area is 272 Å². The molecule has 2 bridgehead atoms. The molecule has 10 nitrogen and oxygen atoms in total. The van der Waals surface area contributed by atoms with Crippen molar-refractivity contribution >= 4 is 78.2 Å². The lowest BCUT2D eigenvalue weighted by Crippen LogP contribution is -2.49. The maximum Gasteiger partial charge on any atom is 0.501 e. The molecule has 0 radical (unpaired) electrons. The van der Waals surface area contributed by atoms with Gasteiger partial charge in [-0.1, -0.05) is 53.0 Å².